The number of rotatable bonds is 8. The van der Waals surface area contributed by atoms with Crippen LogP contribution < -0.4 is 10.6 Å². The Hall–Kier alpha value is -1.07. The van der Waals surface area contributed by atoms with E-state index in [9.17, 15) is 0 Å². The van der Waals surface area contributed by atoms with E-state index in [4.69, 9.17) is 0 Å². The molecule has 5 heteroatoms. The normalized spacial score (nSPS) is 17.2. The molecule has 1 aliphatic rings. The van der Waals surface area contributed by atoms with Crippen molar-refractivity contribution in [3.63, 3.8) is 0 Å². The van der Waals surface area contributed by atoms with E-state index in [1.54, 1.807) is 0 Å². The molecule has 0 unspecified atom stereocenters. The number of thiophene rings is 1. The molecule has 1 saturated heterocycles. The lowest BCUT2D eigenvalue weighted by molar-refractivity contribution is 0.189. The van der Waals surface area contributed by atoms with Crippen molar-refractivity contribution >= 4 is 17.3 Å². The van der Waals surface area contributed by atoms with Gasteiger partial charge in [0.15, 0.2) is 5.96 Å². The number of aliphatic imine (C=N–C) groups is 1. The van der Waals surface area contributed by atoms with Gasteiger partial charge in [-0.15, -0.1) is 11.3 Å². The molecule has 0 radical (unpaired) electrons. The smallest absolute Gasteiger partial charge is 0.191 e. The molecule has 2 heterocycles. The maximum atomic E-state index is 4.69. The number of piperidine rings is 1. The number of likely N-dealkylation sites (tertiary alicyclic amines) is 1. The first-order valence-corrected chi connectivity index (χ1v) is 10.3. The van der Waals surface area contributed by atoms with Crippen LogP contribution in [-0.2, 0) is 6.54 Å². The van der Waals surface area contributed by atoms with Crippen molar-refractivity contribution in [3.05, 3.63) is 21.9 Å². The maximum Gasteiger partial charge on any atom is 0.191 e. The van der Waals surface area contributed by atoms with E-state index in [2.05, 4.69) is 53.4 Å². The molecule has 0 aliphatic carbocycles. The summed E-state index contributed by atoms with van der Waals surface area (Å²) in [7, 11) is 0. The number of guanidine groups is 1. The summed E-state index contributed by atoms with van der Waals surface area (Å²) in [5, 5.41) is 6.81. The quantitative estimate of drug-likeness (QED) is 0.427. The molecule has 1 aliphatic heterocycles. The van der Waals surface area contributed by atoms with Crippen LogP contribution in [0.3, 0.4) is 0 Å². The highest BCUT2D eigenvalue weighted by atomic mass is 32.1. The van der Waals surface area contributed by atoms with Gasteiger partial charge >= 0.3 is 0 Å². The van der Waals surface area contributed by atoms with E-state index in [0.717, 1.165) is 31.5 Å². The van der Waals surface area contributed by atoms with Crippen LogP contribution in [0.1, 0.15) is 49.3 Å². The van der Waals surface area contributed by atoms with Gasteiger partial charge in [0.1, 0.15) is 0 Å². The summed E-state index contributed by atoms with van der Waals surface area (Å²) in [4.78, 5) is 9.99. The van der Waals surface area contributed by atoms with Crippen molar-refractivity contribution in [2.45, 2.75) is 53.0 Å². The fourth-order valence-electron chi connectivity index (χ4n) is 3.02. The van der Waals surface area contributed by atoms with Crippen molar-refractivity contribution in [1.29, 1.82) is 0 Å². The van der Waals surface area contributed by atoms with E-state index >= 15 is 0 Å². The van der Waals surface area contributed by atoms with Crippen LogP contribution in [0.4, 0.5) is 0 Å². The molecule has 0 atom stereocenters. The van der Waals surface area contributed by atoms with Gasteiger partial charge in [0, 0.05) is 22.8 Å². The summed E-state index contributed by atoms with van der Waals surface area (Å²) in [6.07, 6.45) is 5.22. The zero-order valence-electron chi connectivity index (χ0n) is 15.6. The summed E-state index contributed by atoms with van der Waals surface area (Å²) in [6, 6.07) is 4.34. The lowest BCUT2D eigenvalue weighted by Gasteiger charge is -2.30. The first-order chi connectivity index (χ1) is 11.7. The Kier molecular flexibility index (Phi) is 8.60. The Morgan fingerprint density at radius 2 is 2.04 bits per heavy atom. The van der Waals surface area contributed by atoms with Crippen LogP contribution in [0.2, 0.25) is 0 Å². The van der Waals surface area contributed by atoms with Crippen molar-refractivity contribution in [2.24, 2.45) is 10.9 Å². The molecule has 2 N–H and O–H groups in total. The highest BCUT2D eigenvalue weighted by molar-refractivity contribution is 7.11. The van der Waals surface area contributed by atoms with E-state index in [-0.39, 0.29) is 0 Å². The lowest BCUT2D eigenvalue weighted by atomic mass is 9.99. The highest BCUT2D eigenvalue weighted by Gasteiger charge is 2.14. The fourth-order valence-corrected chi connectivity index (χ4v) is 3.84. The van der Waals surface area contributed by atoms with Crippen molar-refractivity contribution in [3.8, 4) is 0 Å². The van der Waals surface area contributed by atoms with Gasteiger partial charge in [0.25, 0.3) is 0 Å². The molecule has 0 bridgehead atoms. The molecule has 1 aromatic heterocycles. The third-order valence-corrected chi connectivity index (χ3v) is 5.59. The van der Waals surface area contributed by atoms with Crippen LogP contribution >= 0.6 is 11.3 Å². The first-order valence-electron chi connectivity index (χ1n) is 9.47. The molecular formula is C19H34N4S. The molecule has 136 valence electrons. The summed E-state index contributed by atoms with van der Waals surface area (Å²) >= 11 is 1.83. The standard InChI is InChI=1S/C19H34N4S/c1-4-20-19(22-15-18-8-7-17(3)24-18)21-11-5-6-12-23-13-9-16(2)10-14-23/h7-8,16H,4-6,9-15H2,1-3H3,(H2,20,21,22). The predicted molar refractivity (Wildman–Crippen MR) is 106 cm³/mol. The summed E-state index contributed by atoms with van der Waals surface area (Å²) in [6.45, 7) is 13.1. The van der Waals surface area contributed by atoms with E-state index < -0.39 is 0 Å². The van der Waals surface area contributed by atoms with Crippen molar-refractivity contribution < 1.29 is 0 Å². The molecule has 24 heavy (non-hydrogen) atoms. The Bertz CT molecular complexity index is 489. The van der Waals surface area contributed by atoms with Gasteiger partial charge in [-0.2, -0.15) is 0 Å². The van der Waals surface area contributed by atoms with Gasteiger partial charge in [0.05, 0.1) is 6.54 Å². The zero-order valence-corrected chi connectivity index (χ0v) is 16.4. The first kappa shape index (κ1) is 19.3. The molecule has 1 fully saturated rings. The number of unbranched alkanes of at least 4 members (excludes halogenated alkanes) is 1. The zero-order chi connectivity index (χ0) is 17.2. The Balaban J connectivity index is 1.62. The highest BCUT2D eigenvalue weighted by Crippen LogP contribution is 2.16. The summed E-state index contributed by atoms with van der Waals surface area (Å²) < 4.78 is 0. The van der Waals surface area contributed by atoms with Crippen LogP contribution in [0, 0.1) is 12.8 Å². The Labute approximate surface area is 151 Å². The van der Waals surface area contributed by atoms with E-state index in [1.165, 1.54) is 55.1 Å². The number of hydrogen-bond donors (Lipinski definition) is 2. The number of hydrogen-bond acceptors (Lipinski definition) is 3. The lowest BCUT2D eigenvalue weighted by Crippen LogP contribution is -2.38. The third-order valence-electron chi connectivity index (χ3n) is 4.60. The minimum absolute atomic E-state index is 0.764. The number of nitrogens with zero attached hydrogens (tertiary/aromatic N) is 2. The second-order valence-electron chi connectivity index (χ2n) is 6.87. The van der Waals surface area contributed by atoms with Gasteiger partial charge in [-0.25, -0.2) is 4.99 Å². The largest absolute Gasteiger partial charge is 0.357 e. The number of nitrogens with one attached hydrogen (secondary N) is 2. The average molecular weight is 351 g/mol. The third kappa shape index (κ3) is 7.22. The number of aryl methyl sites for hydroxylation is 1. The SMILES string of the molecule is CCNC(=NCc1ccc(C)s1)NCCCCN1CCC(C)CC1. The Morgan fingerprint density at radius 1 is 1.25 bits per heavy atom. The molecule has 0 spiro atoms. The van der Waals surface area contributed by atoms with Gasteiger partial charge in [-0.1, -0.05) is 6.92 Å². The van der Waals surface area contributed by atoms with Crippen LogP contribution in [0.25, 0.3) is 0 Å². The molecule has 0 aromatic carbocycles. The summed E-state index contributed by atoms with van der Waals surface area (Å²) in [5.74, 6) is 1.87. The molecule has 2 rings (SSSR count). The van der Waals surface area contributed by atoms with Crippen LogP contribution in [0.15, 0.2) is 17.1 Å². The van der Waals surface area contributed by atoms with E-state index in [1.807, 2.05) is 11.3 Å². The van der Waals surface area contributed by atoms with Gasteiger partial charge in [-0.05, 0) is 77.2 Å². The van der Waals surface area contributed by atoms with Gasteiger partial charge in [0.2, 0.25) is 0 Å². The van der Waals surface area contributed by atoms with Crippen LogP contribution in [0.5, 0.6) is 0 Å². The van der Waals surface area contributed by atoms with Crippen molar-refractivity contribution in [2.75, 3.05) is 32.7 Å². The molecule has 0 amide bonds. The molecule has 0 saturated carbocycles. The second-order valence-corrected chi connectivity index (χ2v) is 8.24. The minimum atomic E-state index is 0.764. The van der Waals surface area contributed by atoms with Crippen LogP contribution in [-0.4, -0.2) is 43.6 Å². The summed E-state index contributed by atoms with van der Waals surface area (Å²) in [5.41, 5.74) is 0. The molecular weight excluding hydrogens is 316 g/mol. The van der Waals surface area contributed by atoms with Gasteiger partial charge in [-0.3, -0.25) is 0 Å². The maximum absolute atomic E-state index is 4.69. The molecule has 1 aromatic rings. The van der Waals surface area contributed by atoms with E-state index in [0.29, 0.717) is 0 Å². The fraction of sp³-hybridized carbons (Fsp3) is 0.737. The molecule has 4 nitrogen and oxygen atoms in total. The minimum Gasteiger partial charge on any atom is -0.357 e. The second kappa shape index (κ2) is 10.7. The average Bonchev–Trinajstić information content (AvgIpc) is 2.99. The predicted octanol–water partition coefficient (Wildman–Crippen LogP) is 3.62. The van der Waals surface area contributed by atoms with Crippen molar-refractivity contribution in [1.82, 2.24) is 15.5 Å². The monoisotopic (exact) mass is 350 g/mol. The van der Waals surface area contributed by atoms with Gasteiger partial charge < -0.3 is 15.5 Å². The Morgan fingerprint density at radius 3 is 2.71 bits per heavy atom. The topological polar surface area (TPSA) is 39.7 Å².